The second kappa shape index (κ2) is 12.5. The van der Waals surface area contributed by atoms with E-state index in [9.17, 15) is 36.0 Å². The molecule has 0 radical (unpaired) electrons. The van der Waals surface area contributed by atoms with E-state index >= 15 is 8.78 Å². The largest absolute Gasteiger partial charge is 0.456 e. The van der Waals surface area contributed by atoms with Crippen LogP contribution in [0, 0.1) is 29.6 Å². The van der Waals surface area contributed by atoms with Crippen LogP contribution in [-0.2, 0) is 29.2 Å². The van der Waals surface area contributed by atoms with Crippen LogP contribution in [0.1, 0.15) is 89.2 Å². The zero-order chi connectivity index (χ0) is 39.5. The summed E-state index contributed by atoms with van der Waals surface area (Å²) in [6.45, 7) is 8.02. The van der Waals surface area contributed by atoms with Crippen LogP contribution in [0.2, 0.25) is 0 Å². The highest BCUT2D eigenvalue weighted by molar-refractivity contribution is 8.03. The Balaban J connectivity index is 1.32. The first kappa shape index (κ1) is 39.8. The number of hydrogen-bond acceptors (Lipinski definition) is 7. The molecule has 1 saturated heterocycles. The van der Waals surface area contributed by atoms with E-state index in [1.54, 1.807) is 31.2 Å². The van der Waals surface area contributed by atoms with Gasteiger partial charge in [-0.3, -0.25) is 0 Å². The number of hydrogen-bond donors (Lipinski definition) is 2. The smallest absolute Gasteiger partial charge is 0.385 e. The number of halogens is 5. The molecule has 4 fully saturated rings. The number of fused-ring (bicyclic) bond motifs is 4. The fourth-order valence-corrected chi connectivity index (χ4v) is 13.6. The number of aryl methyl sites for hydroxylation is 1. The fraction of sp³-hybridized carbons (Fsp3) is 0.641. The molecule has 0 amide bonds. The van der Waals surface area contributed by atoms with Crippen LogP contribution in [-0.4, -0.2) is 71.4 Å². The first-order chi connectivity index (χ1) is 24.8. The van der Waals surface area contributed by atoms with E-state index in [1.165, 1.54) is 37.4 Å². The lowest BCUT2D eigenvalue weighted by molar-refractivity contribution is -0.362. The average molecular weight is 802 g/mol. The lowest BCUT2D eigenvalue weighted by Crippen LogP contribution is -2.65. The maximum absolute atomic E-state index is 15.5. The van der Waals surface area contributed by atoms with Crippen molar-refractivity contribution < 1.29 is 54.3 Å². The molecule has 4 aliphatic carbocycles. The molecule has 7 atom stereocenters. The number of benzene rings is 2. The van der Waals surface area contributed by atoms with E-state index in [0.29, 0.717) is 37.2 Å². The molecule has 0 aromatic heterocycles. The minimum Gasteiger partial charge on any atom is -0.385 e. The standard InChI is InChI=1S/C39H48F5NO7S2/c1-24-6-10-27(11-7-24)54(49,50)45-53(5,48)26-12-8-25(9-13-26)29-20-34(4)30(16-19-37(34,47)38(40,41)39(42,43)44)28-14-17-35(46)21-36(18-15-31(35)32(28)29)51-22-33(2,3)23-52-36/h6-13,28-30,46-47H,14-23H2,1-5H3/t28?,29-,30?,34+,35-,37+,53-/m1/s1. The minimum absolute atomic E-state index is 0.0513. The molecule has 2 N–H and O–H groups in total. The number of nitrogens with zero attached hydrogens (tertiary/aromatic N) is 1. The third kappa shape index (κ3) is 6.18. The van der Waals surface area contributed by atoms with Crippen molar-refractivity contribution in [3.8, 4) is 0 Å². The highest BCUT2D eigenvalue weighted by Gasteiger charge is 2.79. The Labute approximate surface area is 313 Å². The Hall–Kier alpha value is -2.43. The molecule has 7 rings (SSSR count). The van der Waals surface area contributed by atoms with Crippen molar-refractivity contribution in [2.24, 2.45) is 26.4 Å². The highest BCUT2D eigenvalue weighted by atomic mass is 32.3. The normalized spacial score (nSPS) is 34.8. The van der Waals surface area contributed by atoms with E-state index in [4.69, 9.17) is 9.47 Å². The van der Waals surface area contributed by atoms with Crippen LogP contribution >= 0.6 is 0 Å². The Morgan fingerprint density at radius 1 is 0.833 bits per heavy atom. The van der Waals surface area contributed by atoms with Crippen molar-refractivity contribution in [2.75, 3.05) is 19.5 Å². The molecule has 2 unspecified atom stereocenters. The topological polar surface area (TPSA) is 122 Å². The van der Waals surface area contributed by atoms with E-state index in [0.717, 1.165) is 11.1 Å². The van der Waals surface area contributed by atoms with Gasteiger partial charge < -0.3 is 19.7 Å². The van der Waals surface area contributed by atoms with Crippen molar-refractivity contribution >= 4 is 19.8 Å². The summed E-state index contributed by atoms with van der Waals surface area (Å²) in [7, 11) is -7.86. The zero-order valence-corrected chi connectivity index (χ0v) is 32.6. The third-order valence-electron chi connectivity index (χ3n) is 13.2. The molecule has 2 aromatic carbocycles. The van der Waals surface area contributed by atoms with Gasteiger partial charge in [0.15, 0.2) is 5.79 Å². The van der Waals surface area contributed by atoms with Gasteiger partial charge in [0.25, 0.3) is 10.0 Å². The second-order valence-corrected chi connectivity index (χ2v) is 21.5. The van der Waals surface area contributed by atoms with Gasteiger partial charge >= 0.3 is 12.1 Å². The van der Waals surface area contributed by atoms with Crippen molar-refractivity contribution in [1.29, 1.82) is 0 Å². The SMILES string of the molecule is Cc1ccc(S(=O)(=O)N=[S@](C)(=O)c2ccc([C@H]3C[C@@]4(C)C(CC[C@@]4(O)C(F)(F)C(F)(F)F)C4CC[C@@]5(O)CC6(CCC5=C43)OCC(C)(C)CO6)cc2)cc1. The number of aliphatic hydroxyl groups is 2. The van der Waals surface area contributed by atoms with Crippen molar-refractivity contribution in [2.45, 2.75) is 124 Å². The van der Waals surface area contributed by atoms with E-state index in [2.05, 4.69) is 3.77 Å². The van der Waals surface area contributed by atoms with Crippen LogP contribution in [0.4, 0.5) is 22.0 Å². The van der Waals surface area contributed by atoms with Gasteiger partial charge in [-0.15, -0.1) is 3.77 Å². The number of allylic oxidation sites excluding steroid dienone is 1. The van der Waals surface area contributed by atoms with Gasteiger partial charge in [-0.05, 0) is 92.7 Å². The molecule has 0 bridgehead atoms. The van der Waals surface area contributed by atoms with Crippen molar-refractivity contribution in [3.63, 3.8) is 0 Å². The summed E-state index contributed by atoms with van der Waals surface area (Å²) in [6.07, 6.45) is -4.46. The lowest BCUT2D eigenvalue weighted by Gasteiger charge is -2.59. The Kier molecular flexibility index (Phi) is 9.24. The van der Waals surface area contributed by atoms with Gasteiger partial charge in [-0.25, -0.2) is 4.21 Å². The summed E-state index contributed by atoms with van der Waals surface area (Å²) < 4.78 is 129. The predicted octanol–water partition coefficient (Wildman–Crippen LogP) is 8.06. The first-order valence-electron chi connectivity index (χ1n) is 18.3. The highest BCUT2D eigenvalue weighted by Crippen LogP contribution is 2.71. The second-order valence-electron chi connectivity index (χ2n) is 17.4. The molecule has 5 aliphatic rings. The number of ether oxygens (including phenoxy) is 2. The predicted molar refractivity (Wildman–Crippen MR) is 191 cm³/mol. The van der Waals surface area contributed by atoms with E-state index in [1.807, 2.05) is 13.8 Å². The van der Waals surface area contributed by atoms with Gasteiger partial charge in [0, 0.05) is 40.7 Å². The minimum atomic E-state index is -5.99. The van der Waals surface area contributed by atoms with Crippen molar-refractivity contribution in [3.05, 3.63) is 70.8 Å². The first-order valence-corrected chi connectivity index (χ1v) is 21.7. The summed E-state index contributed by atoms with van der Waals surface area (Å²) in [5.41, 5.74) is -4.09. The van der Waals surface area contributed by atoms with Crippen LogP contribution < -0.4 is 0 Å². The molecule has 1 aliphatic heterocycles. The molecule has 1 spiro atoms. The molecule has 15 heteroatoms. The molecule has 54 heavy (non-hydrogen) atoms. The zero-order valence-electron chi connectivity index (χ0n) is 31.0. The van der Waals surface area contributed by atoms with E-state index in [-0.39, 0.29) is 47.3 Å². The fourth-order valence-electron chi connectivity index (χ4n) is 10.2. The maximum Gasteiger partial charge on any atom is 0.456 e. The molecular formula is C39H48F5NO7S2. The molecular weight excluding hydrogens is 754 g/mol. The Bertz CT molecular complexity index is 2080. The average Bonchev–Trinajstić information content (AvgIpc) is 3.36. The van der Waals surface area contributed by atoms with Gasteiger partial charge in [-0.2, -0.15) is 30.4 Å². The van der Waals surface area contributed by atoms with Gasteiger partial charge in [-0.1, -0.05) is 56.2 Å². The van der Waals surface area contributed by atoms with Crippen LogP contribution in [0.3, 0.4) is 0 Å². The summed E-state index contributed by atoms with van der Waals surface area (Å²) >= 11 is 0. The number of alkyl halides is 5. The maximum atomic E-state index is 15.5. The summed E-state index contributed by atoms with van der Waals surface area (Å²) in [6, 6.07) is 11.9. The van der Waals surface area contributed by atoms with Gasteiger partial charge in [0.2, 0.25) is 0 Å². The molecule has 2 aromatic rings. The summed E-state index contributed by atoms with van der Waals surface area (Å²) in [5, 5.41) is 24.1. The summed E-state index contributed by atoms with van der Waals surface area (Å²) in [5.74, 6) is -8.45. The Morgan fingerprint density at radius 2 is 1.43 bits per heavy atom. The summed E-state index contributed by atoms with van der Waals surface area (Å²) in [4.78, 5) is -0.0541. The quantitative estimate of drug-likeness (QED) is 0.232. The number of sulfonamides is 1. The lowest BCUT2D eigenvalue weighted by atomic mass is 9.49. The van der Waals surface area contributed by atoms with Crippen LogP contribution in [0.25, 0.3) is 0 Å². The van der Waals surface area contributed by atoms with Crippen LogP contribution in [0.5, 0.6) is 0 Å². The van der Waals surface area contributed by atoms with E-state index < -0.39 is 78.4 Å². The molecule has 298 valence electrons. The molecule has 8 nitrogen and oxygen atoms in total. The molecule has 1 heterocycles. The van der Waals surface area contributed by atoms with Gasteiger partial charge in [0.1, 0.15) is 5.60 Å². The molecule has 3 saturated carbocycles. The van der Waals surface area contributed by atoms with Crippen molar-refractivity contribution in [1.82, 2.24) is 0 Å². The Morgan fingerprint density at radius 3 is 2.02 bits per heavy atom. The third-order valence-corrected chi connectivity index (χ3v) is 17.1. The van der Waals surface area contributed by atoms with Crippen LogP contribution in [0.15, 0.2) is 73.2 Å². The monoisotopic (exact) mass is 801 g/mol. The van der Waals surface area contributed by atoms with Gasteiger partial charge in [0.05, 0.1) is 33.4 Å². The number of rotatable bonds is 5.